The maximum absolute atomic E-state index is 12.3. The smallest absolute Gasteiger partial charge is 0.181 e. The Labute approximate surface area is 157 Å². The first kappa shape index (κ1) is 20.0. The van der Waals surface area contributed by atoms with Crippen molar-refractivity contribution in [2.75, 3.05) is 11.5 Å². The van der Waals surface area contributed by atoms with Crippen molar-refractivity contribution < 1.29 is 21.6 Å². The van der Waals surface area contributed by atoms with Crippen molar-refractivity contribution in [1.29, 1.82) is 0 Å². The van der Waals surface area contributed by atoms with Crippen LogP contribution < -0.4 is 4.74 Å². The Kier molecular flexibility index (Phi) is 6.04. The second-order valence-electron chi connectivity index (χ2n) is 5.09. The van der Waals surface area contributed by atoms with Crippen LogP contribution in [0, 0.1) is 0 Å². The molecular formula is C16H16Cl2O5S2. The summed E-state index contributed by atoms with van der Waals surface area (Å²) in [5.74, 6) is -0.295. The molecule has 0 unspecified atom stereocenters. The quantitative estimate of drug-likeness (QED) is 0.690. The third kappa shape index (κ3) is 4.47. The van der Waals surface area contributed by atoms with Crippen LogP contribution in [-0.4, -0.2) is 28.3 Å². The number of hydrogen-bond donors (Lipinski definition) is 0. The van der Waals surface area contributed by atoms with Crippen molar-refractivity contribution in [2.45, 2.75) is 23.6 Å². The summed E-state index contributed by atoms with van der Waals surface area (Å²) in [4.78, 5) is -0.199. The number of halogens is 2. The summed E-state index contributed by atoms with van der Waals surface area (Å²) in [6.45, 7) is 2.99. The average molecular weight is 423 g/mol. The average Bonchev–Trinajstić information content (AvgIpc) is 2.57. The summed E-state index contributed by atoms with van der Waals surface area (Å²) in [6.07, 6.45) is 0. The Morgan fingerprint density at radius 3 is 1.44 bits per heavy atom. The van der Waals surface area contributed by atoms with E-state index in [-0.39, 0.29) is 42.8 Å². The zero-order chi connectivity index (χ0) is 18.8. The summed E-state index contributed by atoms with van der Waals surface area (Å²) in [5.41, 5.74) is 0. The van der Waals surface area contributed by atoms with Crippen molar-refractivity contribution >= 4 is 42.9 Å². The second-order valence-corrected chi connectivity index (χ2v) is 10.5. The molecule has 0 amide bonds. The third-order valence-electron chi connectivity index (χ3n) is 3.46. The van der Waals surface area contributed by atoms with Crippen LogP contribution >= 0.6 is 23.2 Å². The van der Waals surface area contributed by atoms with Crippen molar-refractivity contribution in [1.82, 2.24) is 0 Å². The summed E-state index contributed by atoms with van der Waals surface area (Å²) < 4.78 is 54.8. The van der Waals surface area contributed by atoms with E-state index in [1.165, 1.54) is 50.2 Å². The van der Waals surface area contributed by atoms with Gasteiger partial charge in [0.25, 0.3) is 0 Å². The number of hydrogen-bond acceptors (Lipinski definition) is 5. The molecule has 5 nitrogen and oxygen atoms in total. The minimum atomic E-state index is -3.62. The molecule has 0 saturated carbocycles. The van der Waals surface area contributed by atoms with E-state index in [0.29, 0.717) is 0 Å². The van der Waals surface area contributed by atoms with Crippen LogP contribution in [0.1, 0.15) is 13.8 Å². The zero-order valence-corrected chi connectivity index (χ0v) is 16.6. The highest BCUT2D eigenvalue weighted by Gasteiger charge is 2.23. The van der Waals surface area contributed by atoms with Crippen LogP contribution in [0.3, 0.4) is 0 Å². The molecule has 136 valence electrons. The molecule has 0 bridgehead atoms. The lowest BCUT2D eigenvalue weighted by Crippen LogP contribution is -2.08. The van der Waals surface area contributed by atoms with E-state index < -0.39 is 19.7 Å². The molecule has 2 aromatic carbocycles. The summed E-state index contributed by atoms with van der Waals surface area (Å²) in [5, 5.41) is 0.466. The van der Waals surface area contributed by atoms with Gasteiger partial charge in [-0.15, -0.1) is 0 Å². The van der Waals surface area contributed by atoms with Gasteiger partial charge in [-0.1, -0.05) is 37.0 Å². The minimum Gasteiger partial charge on any atom is -0.455 e. The van der Waals surface area contributed by atoms with E-state index in [4.69, 9.17) is 27.9 Å². The number of ether oxygens (including phenoxy) is 1. The molecule has 0 fully saturated rings. The van der Waals surface area contributed by atoms with E-state index in [0.717, 1.165) is 0 Å². The summed E-state index contributed by atoms with van der Waals surface area (Å²) in [6, 6.07) is 8.27. The topological polar surface area (TPSA) is 77.5 Å². The standard InChI is InChI=1S/C16H16Cl2O5S2/c1-3-24(19,20)15-9-11(17)5-7-13(15)23-14-8-6-12(18)10-16(14)25(21,22)4-2/h5-10H,3-4H2,1-2H3. The number of rotatable bonds is 6. The highest BCUT2D eigenvalue weighted by molar-refractivity contribution is 7.91. The van der Waals surface area contributed by atoms with Gasteiger partial charge in [0, 0.05) is 10.0 Å². The molecule has 9 heteroatoms. The third-order valence-corrected chi connectivity index (χ3v) is 7.43. The molecule has 0 atom stereocenters. The molecule has 0 N–H and O–H groups in total. The van der Waals surface area contributed by atoms with Crippen LogP contribution in [0.4, 0.5) is 0 Å². The number of benzene rings is 2. The zero-order valence-electron chi connectivity index (χ0n) is 13.5. The fraction of sp³-hybridized carbons (Fsp3) is 0.250. The monoisotopic (exact) mass is 422 g/mol. The lowest BCUT2D eigenvalue weighted by Gasteiger charge is -2.14. The SMILES string of the molecule is CCS(=O)(=O)c1cc(Cl)ccc1Oc1ccc(Cl)cc1S(=O)(=O)CC. The van der Waals surface area contributed by atoms with Crippen LogP contribution in [0.25, 0.3) is 0 Å². The van der Waals surface area contributed by atoms with Crippen molar-refractivity contribution in [3.8, 4) is 11.5 Å². The van der Waals surface area contributed by atoms with Crippen molar-refractivity contribution in [2.24, 2.45) is 0 Å². The van der Waals surface area contributed by atoms with Gasteiger partial charge >= 0.3 is 0 Å². The Bertz CT molecular complexity index is 918. The van der Waals surface area contributed by atoms with Gasteiger partial charge in [0.15, 0.2) is 19.7 Å². The first-order valence-corrected chi connectivity index (χ1v) is 11.4. The normalized spacial score (nSPS) is 12.2. The Balaban J connectivity index is 2.63. The molecular weight excluding hydrogens is 407 g/mol. The van der Waals surface area contributed by atoms with Gasteiger partial charge in [-0.3, -0.25) is 0 Å². The number of sulfone groups is 2. The van der Waals surface area contributed by atoms with Crippen molar-refractivity contribution in [3.63, 3.8) is 0 Å². The molecule has 0 aliphatic heterocycles. The highest BCUT2D eigenvalue weighted by atomic mass is 35.5. The second kappa shape index (κ2) is 7.53. The maximum Gasteiger partial charge on any atom is 0.181 e. The van der Waals surface area contributed by atoms with Gasteiger partial charge in [0.1, 0.15) is 21.3 Å². The summed E-state index contributed by atoms with van der Waals surface area (Å²) in [7, 11) is -7.24. The maximum atomic E-state index is 12.3. The predicted molar refractivity (Wildman–Crippen MR) is 98.4 cm³/mol. The lowest BCUT2D eigenvalue weighted by atomic mass is 10.3. The van der Waals surface area contributed by atoms with Crippen LogP contribution in [-0.2, 0) is 19.7 Å². The molecule has 25 heavy (non-hydrogen) atoms. The van der Waals surface area contributed by atoms with E-state index in [1.807, 2.05) is 0 Å². The van der Waals surface area contributed by atoms with E-state index in [1.54, 1.807) is 0 Å². The van der Waals surface area contributed by atoms with Gasteiger partial charge in [-0.25, -0.2) is 16.8 Å². The summed E-state index contributed by atoms with van der Waals surface area (Å²) >= 11 is 11.8. The Morgan fingerprint density at radius 2 is 1.12 bits per heavy atom. The molecule has 0 aliphatic carbocycles. The van der Waals surface area contributed by atoms with Gasteiger partial charge < -0.3 is 4.74 Å². The van der Waals surface area contributed by atoms with E-state index in [9.17, 15) is 16.8 Å². The minimum absolute atomic E-state index is 0.00104. The molecule has 0 aromatic heterocycles. The lowest BCUT2D eigenvalue weighted by molar-refractivity contribution is 0.454. The first-order chi connectivity index (χ1) is 11.6. The van der Waals surface area contributed by atoms with E-state index in [2.05, 4.69) is 0 Å². The van der Waals surface area contributed by atoms with Gasteiger partial charge in [-0.05, 0) is 36.4 Å². The van der Waals surface area contributed by atoms with E-state index >= 15 is 0 Å². The predicted octanol–water partition coefficient (Wildman–Crippen LogP) is 4.37. The van der Waals surface area contributed by atoms with Crippen LogP contribution in [0.2, 0.25) is 10.0 Å². The fourth-order valence-corrected chi connectivity index (χ4v) is 4.59. The Hall–Kier alpha value is -1.28. The molecule has 0 saturated heterocycles. The largest absolute Gasteiger partial charge is 0.455 e. The van der Waals surface area contributed by atoms with Crippen molar-refractivity contribution in [3.05, 3.63) is 46.4 Å². The first-order valence-electron chi connectivity index (χ1n) is 7.33. The van der Waals surface area contributed by atoms with Crippen LogP contribution in [0.15, 0.2) is 46.2 Å². The molecule has 2 aromatic rings. The molecule has 0 aliphatic rings. The van der Waals surface area contributed by atoms with Gasteiger partial charge in [0.2, 0.25) is 0 Å². The molecule has 2 rings (SSSR count). The highest BCUT2D eigenvalue weighted by Crippen LogP contribution is 2.36. The van der Waals surface area contributed by atoms with Crippen LogP contribution in [0.5, 0.6) is 11.5 Å². The Morgan fingerprint density at radius 1 is 0.760 bits per heavy atom. The molecule has 0 heterocycles. The fourth-order valence-electron chi connectivity index (χ4n) is 2.05. The van der Waals surface area contributed by atoms with Gasteiger partial charge in [0.05, 0.1) is 11.5 Å². The van der Waals surface area contributed by atoms with Gasteiger partial charge in [-0.2, -0.15) is 0 Å². The molecule has 0 radical (unpaired) electrons. The molecule has 0 spiro atoms.